The molecule has 5 nitrogen and oxygen atoms in total. The molecule has 1 unspecified atom stereocenters. The number of hydrogen-bond donors (Lipinski definition) is 0. The molecule has 3 rings (SSSR count). The van der Waals surface area contributed by atoms with E-state index in [4.69, 9.17) is 14.2 Å². The Bertz CT molecular complexity index is 876. The van der Waals surface area contributed by atoms with Crippen molar-refractivity contribution in [1.29, 1.82) is 0 Å². The van der Waals surface area contributed by atoms with Crippen molar-refractivity contribution in [3.63, 3.8) is 0 Å². The molecule has 5 heteroatoms. The monoisotopic (exact) mass is 395 g/mol. The van der Waals surface area contributed by atoms with Gasteiger partial charge in [-0.1, -0.05) is 36.4 Å². The van der Waals surface area contributed by atoms with Crippen LogP contribution in [-0.4, -0.2) is 51.3 Å². The van der Waals surface area contributed by atoms with Gasteiger partial charge in [-0.05, 0) is 61.2 Å². The summed E-state index contributed by atoms with van der Waals surface area (Å²) in [6.07, 6.45) is 3.53. The van der Waals surface area contributed by atoms with Gasteiger partial charge >= 0.3 is 5.97 Å². The molecule has 1 atom stereocenters. The number of carbonyl (C=O) groups is 1. The van der Waals surface area contributed by atoms with E-state index in [0.29, 0.717) is 24.5 Å². The Kier molecular flexibility index (Phi) is 6.94. The second-order valence-corrected chi connectivity index (χ2v) is 7.14. The minimum Gasteiger partial charge on any atom is -0.493 e. The van der Waals surface area contributed by atoms with Crippen molar-refractivity contribution in [2.45, 2.75) is 25.8 Å². The number of hydrogen-bond acceptors (Lipinski definition) is 5. The average Bonchev–Trinajstić information content (AvgIpc) is 2.81. The maximum absolute atomic E-state index is 12.7. The van der Waals surface area contributed by atoms with E-state index in [2.05, 4.69) is 23.1 Å². The molecule has 1 aliphatic heterocycles. The van der Waals surface area contributed by atoms with Gasteiger partial charge in [-0.3, -0.25) is 9.69 Å². The van der Waals surface area contributed by atoms with Crippen molar-refractivity contribution in [3.8, 4) is 11.5 Å². The van der Waals surface area contributed by atoms with E-state index in [1.807, 2.05) is 44.3 Å². The van der Waals surface area contributed by atoms with Gasteiger partial charge in [-0.15, -0.1) is 0 Å². The van der Waals surface area contributed by atoms with Gasteiger partial charge in [0.2, 0.25) is 0 Å². The number of carbonyl (C=O) groups excluding carboxylic acids is 1. The molecule has 0 aromatic heterocycles. The minimum absolute atomic E-state index is 0.182. The third-order valence-corrected chi connectivity index (χ3v) is 5.36. The van der Waals surface area contributed by atoms with Crippen LogP contribution < -0.4 is 9.47 Å². The summed E-state index contributed by atoms with van der Waals surface area (Å²) in [5.41, 5.74) is 4.43. The smallest absolute Gasteiger partial charge is 0.323 e. The second-order valence-electron chi connectivity index (χ2n) is 7.14. The van der Waals surface area contributed by atoms with E-state index >= 15 is 0 Å². The quantitative estimate of drug-likeness (QED) is 0.715. The normalized spacial score (nSPS) is 19.0. The van der Waals surface area contributed by atoms with Crippen LogP contribution in [0.25, 0.3) is 11.6 Å². The van der Waals surface area contributed by atoms with Crippen LogP contribution in [0.4, 0.5) is 0 Å². The van der Waals surface area contributed by atoms with Crippen LogP contribution in [0, 0.1) is 0 Å². The van der Waals surface area contributed by atoms with Crippen LogP contribution in [-0.2, 0) is 16.0 Å². The van der Waals surface area contributed by atoms with Crippen molar-refractivity contribution in [2.24, 2.45) is 0 Å². The largest absolute Gasteiger partial charge is 0.493 e. The van der Waals surface area contributed by atoms with Crippen LogP contribution in [0.15, 0.2) is 42.5 Å². The van der Waals surface area contributed by atoms with Gasteiger partial charge in [0.05, 0.1) is 20.8 Å². The predicted molar refractivity (Wildman–Crippen MR) is 115 cm³/mol. The SMILES string of the molecule is CCOC(=O)C1C/C(c2ccccc2)=C\c2cc(OC)c(OC)cc2CCN1C. The molecule has 0 spiro atoms. The molecule has 0 amide bonds. The average molecular weight is 395 g/mol. The number of esters is 1. The first kappa shape index (κ1) is 20.9. The maximum atomic E-state index is 12.7. The lowest BCUT2D eigenvalue weighted by Crippen LogP contribution is -2.40. The highest BCUT2D eigenvalue weighted by Crippen LogP contribution is 2.35. The first-order valence-corrected chi connectivity index (χ1v) is 9.95. The molecular weight excluding hydrogens is 366 g/mol. The lowest BCUT2D eigenvalue weighted by Gasteiger charge is -2.26. The second kappa shape index (κ2) is 9.61. The third kappa shape index (κ3) is 4.80. The van der Waals surface area contributed by atoms with Gasteiger partial charge in [0.15, 0.2) is 11.5 Å². The number of rotatable bonds is 5. The van der Waals surface area contributed by atoms with Gasteiger partial charge < -0.3 is 14.2 Å². The molecular formula is C24H29NO4. The zero-order chi connectivity index (χ0) is 20.8. The fraction of sp³-hybridized carbons (Fsp3) is 0.375. The Morgan fingerprint density at radius 3 is 2.45 bits per heavy atom. The summed E-state index contributed by atoms with van der Waals surface area (Å²) in [6, 6.07) is 13.9. The Morgan fingerprint density at radius 1 is 1.10 bits per heavy atom. The Morgan fingerprint density at radius 2 is 1.79 bits per heavy atom. The molecule has 0 fully saturated rings. The Hall–Kier alpha value is -2.79. The molecule has 0 radical (unpaired) electrons. The Balaban J connectivity index is 2.12. The standard InChI is InChI=1S/C24H29NO4/c1-5-29-24(26)21-14-19(17-9-7-6-8-10-17)13-20-16-23(28-4)22(27-3)15-18(20)11-12-25(21)2/h6-10,13,15-16,21H,5,11-12,14H2,1-4H3/b19-13+. The number of benzene rings is 2. The number of fused-ring (bicyclic) bond motifs is 1. The summed E-state index contributed by atoms with van der Waals surface area (Å²) < 4.78 is 16.4. The molecule has 2 aromatic rings. The summed E-state index contributed by atoms with van der Waals surface area (Å²) in [7, 11) is 5.27. The number of ether oxygens (including phenoxy) is 3. The van der Waals surface area contributed by atoms with Crippen LogP contribution in [0.2, 0.25) is 0 Å². The van der Waals surface area contributed by atoms with Crippen molar-refractivity contribution in [1.82, 2.24) is 4.90 Å². The lowest BCUT2D eigenvalue weighted by molar-refractivity contribution is -0.148. The van der Waals surface area contributed by atoms with Gasteiger partial charge in [0.25, 0.3) is 0 Å². The fourth-order valence-electron chi connectivity index (χ4n) is 3.71. The molecule has 0 saturated carbocycles. The van der Waals surface area contributed by atoms with Gasteiger partial charge in [0, 0.05) is 6.54 Å². The van der Waals surface area contributed by atoms with E-state index in [1.165, 1.54) is 0 Å². The van der Waals surface area contributed by atoms with Crippen LogP contribution in [0.1, 0.15) is 30.0 Å². The first-order chi connectivity index (χ1) is 14.1. The van der Waals surface area contributed by atoms with Crippen molar-refractivity contribution in [2.75, 3.05) is 34.4 Å². The zero-order valence-electron chi connectivity index (χ0n) is 17.6. The van der Waals surface area contributed by atoms with Gasteiger partial charge in [0.1, 0.15) is 6.04 Å². The molecule has 0 bridgehead atoms. The van der Waals surface area contributed by atoms with Gasteiger partial charge in [-0.2, -0.15) is 0 Å². The highest BCUT2D eigenvalue weighted by atomic mass is 16.5. The number of likely N-dealkylation sites (N-methyl/N-ethyl adjacent to an activating group) is 1. The van der Waals surface area contributed by atoms with Crippen LogP contribution >= 0.6 is 0 Å². The van der Waals surface area contributed by atoms with Crippen LogP contribution in [0.5, 0.6) is 11.5 Å². The molecule has 0 aliphatic carbocycles. The fourth-order valence-corrected chi connectivity index (χ4v) is 3.71. The first-order valence-electron chi connectivity index (χ1n) is 9.95. The highest BCUT2D eigenvalue weighted by molar-refractivity contribution is 5.87. The lowest BCUT2D eigenvalue weighted by atomic mass is 9.94. The van der Waals surface area contributed by atoms with E-state index in [-0.39, 0.29) is 12.0 Å². The van der Waals surface area contributed by atoms with E-state index < -0.39 is 0 Å². The van der Waals surface area contributed by atoms with Crippen LogP contribution in [0.3, 0.4) is 0 Å². The molecule has 0 saturated heterocycles. The summed E-state index contributed by atoms with van der Waals surface area (Å²) >= 11 is 0. The van der Waals surface area contributed by atoms with Crippen molar-refractivity contribution >= 4 is 17.6 Å². The summed E-state index contributed by atoms with van der Waals surface area (Å²) in [4.78, 5) is 14.8. The van der Waals surface area contributed by atoms with Gasteiger partial charge in [-0.25, -0.2) is 0 Å². The summed E-state index contributed by atoms with van der Waals surface area (Å²) in [6.45, 7) is 2.96. The molecule has 154 valence electrons. The predicted octanol–water partition coefficient (Wildman–Crippen LogP) is 4.05. The highest BCUT2D eigenvalue weighted by Gasteiger charge is 2.27. The van der Waals surface area contributed by atoms with E-state index in [0.717, 1.165) is 35.2 Å². The summed E-state index contributed by atoms with van der Waals surface area (Å²) in [5, 5.41) is 0. The molecule has 2 aromatic carbocycles. The molecule has 0 N–H and O–H groups in total. The van der Waals surface area contributed by atoms with E-state index in [1.54, 1.807) is 14.2 Å². The minimum atomic E-state index is -0.334. The maximum Gasteiger partial charge on any atom is 0.323 e. The molecule has 29 heavy (non-hydrogen) atoms. The zero-order valence-corrected chi connectivity index (χ0v) is 17.6. The molecule has 1 heterocycles. The van der Waals surface area contributed by atoms with E-state index in [9.17, 15) is 4.79 Å². The molecule has 1 aliphatic rings. The number of methoxy groups -OCH3 is 2. The van der Waals surface area contributed by atoms with Crippen molar-refractivity contribution in [3.05, 3.63) is 59.2 Å². The third-order valence-electron chi connectivity index (χ3n) is 5.36. The summed E-state index contributed by atoms with van der Waals surface area (Å²) in [5.74, 6) is 1.23. The van der Waals surface area contributed by atoms with Crippen molar-refractivity contribution < 1.29 is 19.0 Å². The number of nitrogens with zero attached hydrogens (tertiary/aromatic N) is 1. The Labute approximate surface area is 172 Å². The topological polar surface area (TPSA) is 48.0 Å².